The Kier molecular flexibility index (Phi) is 2.72. The molecule has 0 amide bonds. The first kappa shape index (κ1) is 8.35. The first-order valence-electron chi connectivity index (χ1n) is 2.82. The van der Waals surface area contributed by atoms with Gasteiger partial charge in [-0.15, -0.1) is 5.10 Å². The molecule has 5 nitrogen and oxygen atoms in total. The van der Waals surface area contributed by atoms with Crippen molar-refractivity contribution in [3.63, 3.8) is 0 Å². The zero-order valence-electron chi connectivity index (χ0n) is 5.82. The quantitative estimate of drug-likeness (QED) is 0.694. The lowest BCUT2D eigenvalue weighted by Crippen LogP contribution is -2.05. The molecule has 0 atom stereocenters. The standard InChI is InChI=1S/C5H6BrN3O2/c1-11-3-9-4(2-10)5(6)7-8-9/h2H,3H2,1H3. The molecule has 0 aliphatic heterocycles. The topological polar surface area (TPSA) is 57.0 Å². The van der Waals surface area contributed by atoms with Crippen LogP contribution in [0.2, 0.25) is 0 Å². The fraction of sp³-hybridized carbons (Fsp3) is 0.400. The molecule has 0 radical (unpaired) electrons. The number of carbonyl (C=O) groups excluding carboxylic acids is 1. The maximum Gasteiger partial charge on any atom is 0.171 e. The third kappa shape index (κ3) is 1.63. The molecule has 0 aliphatic rings. The van der Waals surface area contributed by atoms with Gasteiger partial charge in [-0.3, -0.25) is 4.79 Å². The van der Waals surface area contributed by atoms with Gasteiger partial charge in [-0.2, -0.15) is 0 Å². The van der Waals surface area contributed by atoms with Crippen LogP contribution in [0, 0.1) is 0 Å². The van der Waals surface area contributed by atoms with Gasteiger partial charge in [0.15, 0.2) is 10.9 Å². The van der Waals surface area contributed by atoms with E-state index >= 15 is 0 Å². The molecule has 6 heteroatoms. The van der Waals surface area contributed by atoms with Gasteiger partial charge in [0.05, 0.1) is 0 Å². The second kappa shape index (κ2) is 3.59. The summed E-state index contributed by atoms with van der Waals surface area (Å²) in [5.74, 6) is 0. The predicted molar refractivity (Wildman–Crippen MR) is 40.1 cm³/mol. The van der Waals surface area contributed by atoms with E-state index in [9.17, 15) is 4.79 Å². The Bertz CT molecular complexity index is 260. The van der Waals surface area contributed by atoms with E-state index in [2.05, 4.69) is 26.2 Å². The lowest BCUT2D eigenvalue weighted by Gasteiger charge is -1.97. The van der Waals surface area contributed by atoms with Gasteiger partial charge < -0.3 is 4.74 Å². The third-order valence-electron chi connectivity index (χ3n) is 1.09. The Morgan fingerprint density at radius 1 is 1.82 bits per heavy atom. The maximum absolute atomic E-state index is 10.4. The van der Waals surface area contributed by atoms with Gasteiger partial charge in [-0.05, 0) is 15.9 Å². The summed E-state index contributed by atoms with van der Waals surface area (Å²) in [6.45, 7) is 0.229. The fourth-order valence-electron chi connectivity index (χ4n) is 0.626. The second-order valence-electron chi connectivity index (χ2n) is 1.80. The first-order valence-corrected chi connectivity index (χ1v) is 3.62. The zero-order valence-corrected chi connectivity index (χ0v) is 7.41. The molecule has 0 N–H and O–H groups in total. The number of aldehydes is 1. The molecule has 0 saturated heterocycles. The summed E-state index contributed by atoms with van der Waals surface area (Å²) in [4.78, 5) is 10.4. The van der Waals surface area contributed by atoms with Crippen molar-refractivity contribution in [2.45, 2.75) is 6.73 Å². The van der Waals surface area contributed by atoms with Crippen molar-refractivity contribution in [3.05, 3.63) is 10.3 Å². The van der Waals surface area contributed by atoms with E-state index in [0.717, 1.165) is 0 Å². The minimum absolute atomic E-state index is 0.229. The van der Waals surface area contributed by atoms with E-state index in [1.54, 1.807) is 0 Å². The van der Waals surface area contributed by atoms with E-state index in [4.69, 9.17) is 4.74 Å². The average Bonchev–Trinajstić information content (AvgIpc) is 2.33. The Balaban J connectivity index is 2.95. The minimum atomic E-state index is 0.229. The van der Waals surface area contributed by atoms with Crippen LogP contribution in [0.4, 0.5) is 0 Å². The Morgan fingerprint density at radius 3 is 3.09 bits per heavy atom. The highest BCUT2D eigenvalue weighted by molar-refractivity contribution is 9.10. The normalized spacial score (nSPS) is 10.0. The highest BCUT2D eigenvalue weighted by Gasteiger charge is 2.07. The SMILES string of the molecule is COCn1nnc(Br)c1C=O. The van der Waals surface area contributed by atoms with Crippen LogP contribution in [0.1, 0.15) is 10.5 Å². The molecule has 0 spiro atoms. The molecule has 0 aromatic carbocycles. The van der Waals surface area contributed by atoms with Crippen LogP contribution in [-0.2, 0) is 11.5 Å². The molecular weight excluding hydrogens is 214 g/mol. The van der Waals surface area contributed by atoms with E-state index in [1.807, 2.05) is 0 Å². The predicted octanol–water partition coefficient (Wildman–Crippen LogP) is 0.457. The highest BCUT2D eigenvalue weighted by atomic mass is 79.9. The van der Waals surface area contributed by atoms with Crippen LogP contribution >= 0.6 is 15.9 Å². The van der Waals surface area contributed by atoms with Crippen LogP contribution in [-0.4, -0.2) is 28.4 Å². The van der Waals surface area contributed by atoms with Crippen molar-refractivity contribution in [2.24, 2.45) is 0 Å². The molecule has 0 fully saturated rings. The minimum Gasteiger partial charge on any atom is -0.362 e. The lowest BCUT2D eigenvalue weighted by atomic mass is 10.5. The molecule has 60 valence electrons. The number of carbonyl (C=O) groups is 1. The van der Waals surface area contributed by atoms with Crippen molar-refractivity contribution in [2.75, 3.05) is 7.11 Å². The number of halogens is 1. The summed E-state index contributed by atoms with van der Waals surface area (Å²) >= 11 is 3.07. The lowest BCUT2D eigenvalue weighted by molar-refractivity contribution is 0.103. The summed E-state index contributed by atoms with van der Waals surface area (Å²) in [6.07, 6.45) is 0.670. The number of hydrogen-bond donors (Lipinski definition) is 0. The molecule has 0 saturated carbocycles. The van der Waals surface area contributed by atoms with Crippen molar-refractivity contribution in [3.8, 4) is 0 Å². The van der Waals surface area contributed by atoms with Crippen molar-refractivity contribution in [1.82, 2.24) is 15.0 Å². The van der Waals surface area contributed by atoms with Crippen molar-refractivity contribution < 1.29 is 9.53 Å². The molecule has 1 aromatic heterocycles. The summed E-state index contributed by atoms with van der Waals surface area (Å²) in [7, 11) is 1.52. The Hall–Kier alpha value is -0.750. The van der Waals surface area contributed by atoms with Gasteiger partial charge >= 0.3 is 0 Å². The van der Waals surface area contributed by atoms with Crippen LogP contribution in [0.25, 0.3) is 0 Å². The highest BCUT2D eigenvalue weighted by Crippen LogP contribution is 2.09. The zero-order chi connectivity index (χ0) is 8.27. The van der Waals surface area contributed by atoms with E-state index < -0.39 is 0 Å². The molecule has 0 bridgehead atoms. The van der Waals surface area contributed by atoms with Crippen LogP contribution in [0.5, 0.6) is 0 Å². The van der Waals surface area contributed by atoms with E-state index in [-0.39, 0.29) is 6.73 Å². The first-order chi connectivity index (χ1) is 5.29. The summed E-state index contributed by atoms with van der Waals surface area (Å²) in [5.41, 5.74) is 0.381. The number of aromatic nitrogens is 3. The third-order valence-corrected chi connectivity index (χ3v) is 1.66. The van der Waals surface area contributed by atoms with Gasteiger partial charge in [-0.25, -0.2) is 4.68 Å². The number of methoxy groups -OCH3 is 1. The molecule has 1 heterocycles. The fourth-order valence-corrected chi connectivity index (χ4v) is 0.995. The number of ether oxygens (including phenoxy) is 1. The van der Waals surface area contributed by atoms with Gasteiger partial charge in [0, 0.05) is 7.11 Å². The largest absolute Gasteiger partial charge is 0.362 e. The summed E-state index contributed by atoms with van der Waals surface area (Å²) in [6, 6.07) is 0. The summed E-state index contributed by atoms with van der Waals surface area (Å²) in [5, 5.41) is 7.26. The van der Waals surface area contributed by atoms with Gasteiger partial charge in [0.2, 0.25) is 0 Å². The van der Waals surface area contributed by atoms with Crippen LogP contribution in [0.15, 0.2) is 4.60 Å². The maximum atomic E-state index is 10.4. The van der Waals surface area contributed by atoms with E-state index in [1.165, 1.54) is 11.8 Å². The van der Waals surface area contributed by atoms with Crippen LogP contribution in [0.3, 0.4) is 0 Å². The van der Waals surface area contributed by atoms with E-state index in [0.29, 0.717) is 16.6 Å². The molecule has 0 unspecified atom stereocenters. The molecule has 0 aliphatic carbocycles. The smallest absolute Gasteiger partial charge is 0.171 e. The molecule has 11 heavy (non-hydrogen) atoms. The number of rotatable bonds is 3. The van der Waals surface area contributed by atoms with Crippen LogP contribution < -0.4 is 0 Å². The Morgan fingerprint density at radius 2 is 2.55 bits per heavy atom. The number of nitrogens with zero attached hydrogens (tertiary/aromatic N) is 3. The summed E-state index contributed by atoms with van der Waals surface area (Å²) < 4.78 is 6.56. The van der Waals surface area contributed by atoms with Crippen molar-refractivity contribution in [1.29, 1.82) is 0 Å². The van der Waals surface area contributed by atoms with Crippen molar-refractivity contribution >= 4 is 22.2 Å². The van der Waals surface area contributed by atoms with Gasteiger partial charge in [0.25, 0.3) is 0 Å². The number of hydrogen-bond acceptors (Lipinski definition) is 4. The Labute approximate surface area is 71.5 Å². The van der Waals surface area contributed by atoms with Gasteiger partial charge in [0.1, 0.15) is 12.4 Å². The van der Waals surface area contributed by atoms with Gasteiger partial charge in [-0.1, -0.05) is 5.21 Å². The monoisotopic (exact) mass is 219 g/mol. The molecular formula is C5H6BrN3O2. The molecule has 1 aromatic rings. The average molecular weight is 220 g/mol. The molecule has 1 rings (SSSR count). The second-order valence-corrected chi connectivity index (χ2v) is 2.55.